The van der Waals surface area contributed by atoms with Crippen molar-refractivity contribution in [2.45, 2.75) is 25.7 Å². The van der Waals surface area contributed by atoms with E-state index in [1.165, 1.54) is 0 Å². The number of piperidine rings is 1. The summed E-state index contributed by atoms with van der Waals surface area (Å²) < 4.78 is 5.19. The third-order valence-electron chi connectivity index (χ3n) is 5.09. The maximum Gasteiger partial charge on any atom is 0.246 e. The fourth-order valence-corrected chi connectivity index (χ4v) is 3.56. The topological polar surface area (TPSA) is 49.9 Å². The number of rotatable bonds is 4. The molecule has 5 heteroatoms. The zero-order valence-corrected chi connectivity index (χ0v) is 14.8. The highest BCUT2D eigenvalue weighted by molar-refractivity contribution is 5.92. The van der Waals surface area contributed by atoms with E-state index in [2.05, 4.69) is 0 Å². The van der Waals surface area contributed by atoms with Gasteiger partial charge in [0.15, 0.2) is 0 Å². The number of ether oxygens (including phenoxy) is 1. The zero-order valence-electron chi connectivity index (χ0n) is 14.8. The first-order valence-corrected chi connectivity index (χ1v) is 9.07. The van der Waals surface area contributed by atoms with Crippen molar-refractivity contribution in [2.75, 3.05) is 33.3 Å². The van der Waals surface area contributed by atoms with Gasteiger partial charge in [0, 0.05) is 38.2 Å². The van der Waals surface area contributed by atoms with Crippen LogP contribution in [0.5, 0.6) is 5.75 Å². The predicted molar refractivity (Wildman–Crippen MR) is 97.1 cm³/mol. The Morgan fingerprint density at radius 1 is 1.08 bits per heavy atom. The second-order valence-corrected chi connectivity index (χ2v) is 6.74. The van der Waals surface area contributed by atoms with E-state index in [9.17, 15) is 9.59 Å². The average Bonchev–Trinajstić information content (AvgIpc) is 3.20. The number of hydrogen-bond acceptors (Lipinski definition) is 3. The van der Waals surface area contributed by atoms with E-state index in [0.717, 1.165) is 50.1 Å². The molecule has 0 saturated carbocycles. The first-order valence-electron chi connectivity index (χ1n) is 9.07. The summed E-state index contributed by atoms with van der Waals surface area (Å²) in [5, 5.41) is 0. The first-order chi connectivity index (χ1) is 12.2. The first kappa shape index (κ1) is 17.5. The summed E-state index contributed by atoms with van der Waals surface area (Å²) in [6.45, 7) is 3.12. The van der Waals surface area contributed by atoms with Gasteiger partial charge >= 0.3 is 0 Å². The lowest BCUT2D eigenvalue weighted by Crippen LogP contribution is -2.43. The fourth-order valence-electron chi connectivity index (χ4n) is 3.56. The molecule has 0 radical (unpaired) electrons. The summed E-state index contributed by atoms with van der Waals surface area (Å²) in [5.41, 5.74) is 0.937. The SMILES string of the molecule is COc1cccc(/C=C/C(=O)N2CCC(C(=O)N3CCCC3)CC2)c1. The minimum Gasteiger partial charge on any atom is -0.497 e. The van der Waals surface area contributed by atoms with E-state index >= 15 is 0 Å². The van der Waals surface area contributed by atoms with Gasteiger partial charge in [-0.25, -0.2) is 0 Å². The van der Waals surface area contributed by atoms with Gasteiger partial charge in [-0.2, -0.15) is 0 Å². The largest absolute Gasteiger partial charge is 0.497 e. The molecule has 134 valence electrons. The standard InChI is InChI=1S/C20H26N2O3/c1-25-18-6-4-5-16(15-18)7-8-19(23)21-13-9-17(10-14-21)20(24)22-11-2-3-12-22/h4-8,15,17H,2-3,9-14H2,1H3/b8-7+. The summed E-state index contributed by atoms with van der Waals surface area (Å²) in [7, 11) is 1.63. The Bertz CT molecular complexity index is 642. The Balaban J connectivity index is 1.51. The Morgan fingerprint density at radius 3 is 2.48 bits per heavy atom. The van der Waals surface area contributed by atoms with E-state index in [1.807, 2.05) is 40.1 Å². The normalized spacial score (nSPS) is 18.8. The quantitative estimate of drug-likeness (QED) is 0.790. The smallest absolute Gasteiger partial charge is 0.246 e. The molecule has 2 heterocycles. The Labute approximate surface area is 149 Å². The van der Waals surface area contributed by atoms with Crippen LogP contribution in [0.15, 0.2) is 30.3 Å². The second kappa shape index (κ2) is 8.19. The molecular weight excluding hydrogens is 316 g/mol. The number of carbonyl (C=O) groups excluding carboxylic acids is 2. The van der Waals surface area contributed by atoms with Crippen molar-refractivity contribution in [2.24, 2.45) is 5.92 Å². The number of methoxy groups -OCH3 is 1. The van der Waals surface area contributed by atoms with Crippen LogP contribution in [-0.4, -0.2) is 54.9 Å². The van der Waals surface area contributed by atoms with Gasteiger partial charge in [-0.1, -0.05) is 12.1 Å². The number of likely N-dealkylation sites (tertiary alicyclic amines) is 2. The number of amides is 2. The number of benzene rings is 1. The molecule has 0 unspecified atom stereocenters. The molecule has 2 aliphatic rings. The van der Waals surface area contributed by atoms with E-state index < -0.39 is 0 Å². The highest BCUT2D eigenvalue weighted by Gasteiger charge is 2.30. The van der Waals surface area contributed by atoms with Crippen molar-refractivity contribution in [3.8, 4) is 5.75 Å². The van der Waals surface area contributed by atoms with E-state index in [1.54, 1.807) is 13.2 Å². The molecule has 2 amide bonds. The Kier molecular flexibility index (Phi) is 5.74. The molecule has 2 fully saturated rings. The summed E-state index contributed by atoms with van der Waals surface area (Å²) in [6, 6.07) is 7.61. The maximum atomic E-state index is 12.4. The van der Waals surface area contributed by atoms with Gasteiger partial charge in [0.25, 0.3) is 0 Å². The highest BCUT2D eigenvalue weighted by atomic mass is 16.5. The van der Waals surface area contributed by atoms with Crippen LogP contribution in [0.4, 0.5) is 0 Å². The van der Waals surface area contributed by atoms with E-state index in [4.69, 9.17) is 4.74 Å². The van der Waals surface area contributed by atoms with E-state index in [-0.39, 0.29) is 17.7 Å². The van der Waals surface area contributed by atoms with Crippen LogP contribution in [0.3, 0.4) is 0 Å². The van der Waals surface area contributed by atoms with Crippen molar-refractivity contribution < 1.29 is 14.3 Å². The van der Waals surface area contributed by atoms with Gasteiger partial charge in [0.05, 0.1) is 7.11 Å². The van der Waals surface area contributed by atoms with Gasteiger partial charge < -0.3 is 14.5 Å². The van der Waals surface area contributed by atoms with E-state index in [0.29, 0.717) is 13.1 Å². The third kappa shape index (κ3) is 4.41. The molecule has 3 rings (SSSR count). The molecule has 5 nitrogen and oxygen atoms in total. The minimum absolute atomic E-state index is 0.00916. The summed E-state index contributed by atoms with van der Waals surface area (Å²) in [5.74, 6) is 1.16. The van der Waals surface area contributed by atoms with Crippen LogP contribution in [-0.2, 0) is 9.59 Å². The van der Waals surface area contributed by atoms with Crippen LogP contribution < -0.4 is 4.74 Å². The Hall–Kier alpha value is -2.30. The highest BCUT2D eigenvalue weighted by Crippen LogP contribution is 2.22. The van der Waals surface area contributed by atoms with Crippen LogP contribution in [0, 0.1) is 5.92 Å². The molecule has 0 N–H and O–H groups in total. The van der Waals surface area contributed by atoms with Crippen LogP contribution in [0.1, 0.15) is 31.2 Å². The predicted octanol–water partition coefficient (Wildman–Crippen LogP) is 2.57. The van der Waals surface area contributed by atoms with Gasteiger partial charge in [0.2, 0.25) is 11.8 Å². The average molecular weight is 342 g/mol. The molecule has 25 heavy (non-hydrogen) atoms. The second-order valence-electron chi connectivity index (χ2n) is 6.74. The molecule has 1 aromatic rings. The molecular formula is C20H26N2O3. The molecule has 0 spiro atoms. The van der Waals surface area contributed by atoms with Crippen LogP contribution in [0.25, 0.3) is 6.08 Å². The molecule has 2 saturated heterocycles. The number of carbonyl (C=O) groups is 2. The van der Waals surface area contributed by atoms with Crippen molar-refractivity contribution >= 4 is 17.9 Å². The monoisotopic (exact) mass is 342 g/mol. The number of nitrogens with zero attached hydrogens (tertiary/aromatic N) is 2. The van der Waals surface area contributed by atoms with Gasteiger partial charge in [0.1, 0.15) is 5.75 Å². The fraction of sp³-hybridized carbons (Fsp3) is 0.500. The lowest BCUT2D eigenvalue weighted by molar-refractivity contribution is -0.138. The molecule has 0 aromatic heterocycles. The maximum absolute atomic E-state index is 12.4. The lowest BCUT2D eigenvalue weighted by Gasteiger charge is -2.32. The van der Waals surface area contributed by atoms with Gasteiger partial charge in [-0.05, 0) is 49.5 Å². The number of hydrogen-bond donors (Lipinski definition) is 0. The summed E-state index contributed by atoms with van der Waals surface area (Å²) >= 11 is 0. The molecule has 0 atom stereocenters. The third-order valence-corrected chi connectivity index (χ3v) is 5.09. The van der Waals surface area contributed by atoms with Crippen LogP contribution in [0.2, 0.25) is 0 Å². The lowest BCUT2D eigenvalue weighted by atomic mass is 9.95. The van der Waals surface area contributed by atoms with Crippen LogP contribution >= 0.6 is 0 Å². The Morgan fingerprint density at radius 2 is 1.80 bits per heavy atom. The molecule has 1 aromatic carbocycles. The molecule has 0 aliphatic carbocycles. The van der Waals surface area contributed by atoms with Crippen molar-refractivity contribution in [1.29, 1.82) is 0 Å². The molecule has 0 bridgehead atoms. The summed E-state index contributed by atoms with van der Waals surface area (Å²) in [4.78, 5) is 28.6. The summed E-state index contributed by atoms with van der Waals surface area (Å²) in [6.07, 6.45) is 7.21. The van der Waals surface area contributed by atoms with Gasteiger partial charge in [-0.15, -0.1) is 0 Å². The minimum atomic E-state index is 0.00916. The van der Waals surface area contributed by atoms with Crippen molar-refractivity contribution in [3.63, 3.8) is 0 Å². The zero-order chi connectivity index (χ0) is 17.6. The molecule has 2 aliphatic heterocycles. The van der Waals surface area contributed by atoms with Crippen molar-refractivity contribution in [3.05, 3.63) is 35.9 Å². The van der Waals surface area contributed by atoms with Crippen molar-refractivity contribution in [1.82, 2.24) is 9.80 Å². The van der Waals surface area contributed by atoms with Gasteiger partial charge in [-0.3, -0.25) is 9.59 Å².